The molecule has 2 amide bonds. The van der Waals surface area contributed by atoms with Crippen LogP contribution in [0.2, 0.25) is 0 Å². The first-order valence-electron chi connectivity index (χ1n) is 8.59. The first-order chi connectivity index (χ1) is 12.8. The topological polar surface area (TPSA) is 110 Å². The maximum Gasteiger partial charge on any atom is 0.271 e. The molecule has 0 spiro atoms. The van der Waals surface area contributed by atoms with Crippen LogP contribution < -0.4 is 10.5 Å². The van der Waals surface area contributed by atoms with Gasteiger partial charge in [-0.2, -0.15) is 0 Å². The Hall–Kier alpha value is -2.39. The maximum atomic E-state index is 12.8. The third kappa shape index (κ3) is 5.30. The molecule has 146 valence electrons. The Balaban J connectivity index is 2.42. The molecule has 0 aliphatic carbocycles. The van der Waals surface area contributed by atoms with Crippen LogP contribution in [0.5, 0.6) is 0 Å². The number of nitrogens with two attached hydrogens (primary N) is 1. The van der Waals surface area contributed by atoms with E-state index in [1.165, 1.54) is 24.3 Å². The van der Waals surface area contributed by atoms with Gasteiger partial charge in [0.25, 0.3) is 15.9 Å². The Morgan fingerprint density at radius 2 is 1.74 bits per heavy atom. The number of primary amides is 1. The van der Waals surface area contributed by atoms with Crippen molar-refractivity contribution in [1.29, 1.82) is 0 Å². The van der Waals surface area contributed by atoms with E-state index in [1.54, 1.807) is 16.3 Å². The van der Waals surface area contributed by atoms with E-state index in [0.29, 0.717) is 13.1 Å². The van der Waals surface area contributed by atoms with Crippen LogP contribution in [0.3, 0.4) is 0 Å². The molecule has 7 nitrogen and oxygen atoms in total. The van der Waals surface area contributed by atoms with Crippen molar-refractivity contribution in [1.82, 2.24) is 4.90 Å². The fraction of sp³-hybridized carbons (Fsp3) is 0.333. The minimum atomic E-state index is -3.80. The number of sulfonamides is 1. The van der Waals surface area contributed by atoms with Gasteiger partial charge < -0.3 is 10.6 Å². The summed E-state index contributed by atoms with van der Waals surface area (Å²) in [5.41, 5.74) is 5.77. The van der Waals surface area contributed by atoms with Gasteiger partial charge in [0.15, 0.2) is 0 Å². The molecule has 0 fully saturated rings. The molecule has 0 saturated heterocycles. The number of carbonyl (C=O) groups excluding carboxylic acids is 2. The summed E-state index contributed by atoms with van der Waals surface area (Å²) < 4.78 is 27.5. The lowest BCUT2D eigenvalue weighted by Gasteiger charge is -2.22. The van der Waals surface area contributed by atoms with Crippen molar-refractivity contribution < 1.29 is 18.0 Å². The molecule has 9 heteroatoms. The molecule has 0 radical (unpaired) electrons. The highest BCUT2D eigenvalue weighted by Gasteiger charge is 2.20. The Bertz CT molecular complexity index is 903. The summed E-state index contributed by atoms with van der Waals surface area (Å²) in [6, 6.07) is 7.25. The van der Waals surface area contributed by atoms with Gasteiger partial charge in [-0.05, 0) is 42.5 Å². The van der Waals surface area contributed by atoms with E-state index in [-0.39, 0.29) is 26.9 Å². The van der Waals surface area contributed by atoms with Gasteiger partial charge in [0, 0.05) is 24.2 Å². The summed E-state index contributed by atoms with van der Waals surface area (Å²) >= 11 is 1.07. The molecule has 27 heavy (non-hydrogen) atoms. The van der Waals surface area contributed by atoms with Gasteiger partial charge in [-0.15, -0.1) is 11.3 Å². The molecule has 0 saturated carbocycles. The van der Waals surface area contributed by atoms with E-state index in [2.05, 4.69) is 4.72 Å². The van der Waals surface area contributed by atoms with E-state index in [0.717, 1.165) is 24.2 Å². The van der Waals surface area contributed by atoms with Crippen molar-refractivity contribution in [2.24, 2.45) is 5.73 Å². The van der Waals surface area contributed by atoms with Gasteiger partial charge in [-0.3, -0.25) is 14.3 Å². The lowest BCUT2D eigenvalue weighted by molar-refractivity contribution is 0.0755. The monoisotopic (exact) mass is 409 g/mol. The molecule has 0 unspecified atom stereocenters. The van der Waals surface area contributed by atoms with E-state index >= 15 is 0 Å². The summed E-state index contributed by atoms with van der Waals surface area (Å²) in [6.45, 7) is 5.08. The van der Waals surface area contributed by atoms with Crippen LogP contribution in [-0.4, -0.2) is 38.2 Å². The summed E-state index contributed by atoms with van der Waals surface area (Å²) in [7, 11) is -3.80. The van der Waals surface area contributed by atoms with E-state index in [9.17, 15) is 18.0 Å². The predicted octanol–water partition coefficient (Wildman–Crippen LogP) is 2.91. The molecule has 0 bridgehead atoms. The van der Waals surface area contributed by atoms with Crippen LogP contribution in [0, 0.1) is 0 Å². The maximum absolute atomic E-state index is 12.8. The van der Waals surface area contributed by atoms with Crippen LogP contribution in [0.15, 0.2) is 39.9 Å². The van der Waals surface area contributed by atoms with Crippen LogP contribution in [0.4, 0.5) is 5.69 Å². The highest BCUT2D eigenvalue weighted by Crippen LogP contribution is 2.23. The van der Waals surface area contributed by atoms with Crippen LogP contribution in [-0.2, 0) is 10.0 Å². The summed E-state index contributed by atoms with van der Waals surface area (Å²) in [5.74, 6) is -1.00. The van der Waals surface area contributed by atoms with Crippen molar-refractivity contribution in [3.63, 3.8) is 0 Å². The summed E-state index contributed by atoms with van der Waals surface area (Å²) in [5, 5.41) is 1.65. The average molecular weight is 410 g/mol. The minimum absolute atomic E-state index is 0.0673. The number of rotatable bonds is 9. The molecular formula is C18H23N3O4S2. The number of thiophene rings is 1. The zero-order valence-electron chi connectivity index (χ0n) is 15.3. The van der Waals surface area contributed by atoms with E-state index in [4.69, 9.17) is 5.73 Å². The molecule has 3 N–H and O–H groups in total. The number of benzene rings is 1. The molecule has 2 aromatic rings. The zero-order valence-corrected chi connectivity index (χ0v) is 16.9. The van der Waals surface area contributed by atoms with Gasteiger partial charge in [-0.25, -0.2) is 8.42 Å². The first kappa shape index (κ1) is 20.9. The second-order valence-corrected chi connectivity index (χ2v) is 8.85. The van der Waals surface area contributed by atoms with Crippen molar-refractivity contribution >= 4 is 38.9 Å². The molecule has 1 aromatic carbocycles. The van der Waals surface area contributed by atoms with E-state index < -0.39 is 15.9 Å². The first-order valence-corrected chi connectivity index (χ1v) is 10.9. The third-order valence-corrected chi connectivity index (χ3v) is 6.53. The van der Waals surface area contributed by atoms with Crippen molar-refractivity contribution in [2.75, 3.05) is 17.8 Å². The second kappa shape index (κ2) is 9.01. The molecule has 0 aliphatic rings. The van der Waals surface area contributed by atoms with Crippen molar-refractivity contribution in [3.05, 3.63) is 46.8 Å². The Morgan fingerprint density at radius 1 is 1.11 bits per heavy atom. The van der Waals surface area contributed by atoms with Gasteiger partial charge in [-0.1, -0.05) is 19.9 Å². The standard InChI is InChI=1S/C18H23N3O4S2/c1-3-7-21(8-4-2)18(23)14-10-13(17(19)22)11-15(12-14)20-27(24,25)16-6-5-9-26-16/h5-6,9-12,20H,3-4,7-8H2,1-2H3,(H2,19,22). The zero-order chi connectivity index (χ0) is 20.0. The van der Waals surface area contributed by atoms with Gasteiger partial charge in [0.05, 0.1) is 5.69 Å². The molecule has 0 aliphatic heterocycles. The number of hydrogen-bond acceptors (Lipinski definition) is 5. The van der Waals surface area contributed by atoms with Gasteiger partial charge in [0.2, 0.25) is 5.91 Å². The lowest BCUT2D eigenvalue weighted by Crippen LogP contribution is -2.32. The fourth-order valence-corrected chi connectivity index (χ4v) is 4.64. The van der Waals surface area contributed by atoms with Crippen LogP contribution in [0.25, 0.3) is 0 Å². The number of amides is 2. The molecule has 1 heterocycles. The van der Waals surface area contributed by atoms with Crippen LogP contribution >= 0.6 is 11.3 Å². The molecule has 2 rings (SSSR count). The second-order valence-electron chi connectivity index (χ2n) is 5.99. The Kier molecular flexibility index (Phi) is 6.98. The smallest absolute Gasteiger partial charge is 0.271 e. The third-order valence-electron chi connectivity index (χ3n) is 3.75. The predicted molar refractivity (Wildman–Crippen MR) is 107 cm³/mol. The quantitative estimate of drug-likeness (QED) is 0.663. The average Bonchev–Trinajstić information content (AvgIpc) is 3.16. The van der Waals surface area contributed by atoms with Crippen LogP contribution in [0.1, 0.15) is 47.4 Å². The molecule has 1 aromatic heterocycles. The Morgan fingerprint density at radius 3 is 2.26 bits per heavy atom. The lowest BCUT2D eigenvalue weighted by atomic mass is 10.1. The summed E-state index contributed by atoms with van der Waals surface area (Å²) in [6.07, 6.45) is 1.58. The number of nitrogens with one attached hydrogen (secondary N) is 1. The van der Waals surface area contributed by atoms with Crippen molar-refractivity contribution in [2.45, 2.75) is 30.9 Å². The Labute approximate surface area is 163 Å². The fourth-order valence-electron chi connectivity index (χ4n) is 2.61. The number of anilines is 1. The largest absolute Gasteiger partial charge is 0.366 e. The normalized spacial score (nSPS) is 11.2. The number of hydrogen-bond donors (Lipinski definition) is 2. The summed E-state index contributed by atoms with van der Waals surface area (Å²) in [4.78, 5) is 26.2. The van der Waals surface area contributed by atoms with Gasteiger partial charge >= 0.3 is 0 Å². The van der Waals surface area contributed by atoms with E-state index in [1.807, 2.05) is 13.8 Å². The molecule has 0 atom stereocenters. The minimum Gasteiger partial charge on any atom is -0.366 e. The number of carbonyl (C=O) groups is 2. The SMILES string of the molecule is CCCN(CCC)C(=O)c1cc(NS(=O)(=O)c2cccs2)cc(C(N)=O)c1. The van der Waals surface area contributed by atoms with Crippen molar-refractivity contribution in [3.8, 4) is 0 Å². The van der Waals surface area contributed by atoms with Gasteiger partial charge in [0.1, 0.15) is 4.21 Å². The molecular weight excluding hydrogens is 386 g/mol. The highest BCUT2D eigenvalue weighted by molar-refractivity contribution is 7.94. The highest BCUT2D eigenvalue weighted by atomic mass is 32.2. The number of nitrogens with zero attached hydrogens (tertiary/aromatic N) is 1.